The molecule has 0 bridgehead atoms. The maximum absolute atomic E-state index is 2.74. The molecule has 0 aliphatic heterocycles. The third kappa shape index (κ3) is 7.15. The van der Waals surface area contributed by atoms with Crippen LogP contribution in [0.2, 0.25) is 0 Å². The van der Waals surface area contributed by atoms with Crippen molar-refractivity contribution in [2.24, 2.45) is 82.9 Å². The first-order valence-corrected chi connectivity index (χ1v) is 22.4. The fourth-order valence-corrected chi connectivity index (χ4v) is 15.3. The molecule has 0 amide bonds. The number of rotatable bonds is 9. The van der Waals surface area contributed by atoms with Crippen LogP contribution in [0.15, 0.2) is 11.6 Å². The molecule has 7 aliphatic rings. The van der Waals surface area contributed by atoms with Crippen molar-refractivity contribution in [3.8, 4) is 0 Å². The van der Waals surface area contributed by atoms with Gasteiger partial charge in [-0.15, -0.1) is 0 Å². The Labute approximate surface area is 287 Å². The van der Waals surface area contributed by atoms with Crippen molar-refractivity contribution in [1.82, 2.24) is 0 Å². The monoisotopic (exact) mass is 631 g/mol. The molecular weight excluding hydrogens is 553 g/mol. The Balaban J connectivity index is 1.07. The fraction of sp³-hybridized carbons (Fsp3) is 0.957. The maximum atomic E-state index is 2.74. The predicted molar refractivity (Wildman–Crippen MR) is 199 cm³/mol. The molecule has 13 atom stereocenters. The van der Waals surface area contributed by atoms with Crippen molar-refractivity contribution in [1.29, 1.82) is 0 Å². The van der Waals surface area contributed by atoms with E-state index in [0.717, 1.165) is 82.9 Å². The van der Waals surface area contributed by atoms with Crippen molar-refractivity contribution < 1.29 is 0 Å². The lowest BCUT2D eigenvalue weighted by atomic mass is 9.46. The van der Waals surface area contributed by atoms with Gasteiger partial charge in [0.15, 0.2) is 0 Å². The van der Waals surface area contributed by atoms with Gasteiger partial charge in [-0.2, -0.15) is 0 Å². The highest BCUT2D eigenvalue weighted by Crippen LogP contribution is 2.64. The second-order valence-electron chi connectivity index (χ2n) is 19.2. The largest absolute Gasteiger partial charge is 0.0851 e. The van der Waals surface area contributed by atoms with Crippen LogP contribution in [0.5, 0.6) is 0 Å². The van der Waals surface area contributed by atoms with Crippen LogP contribution in [0.25, 0.3) is 0 Å². The lowest BCUT2D eigenvalue weighted by Gasteiger charge is -2.59. The van der Waals surface area contributed by atoms with E-state index < -0.39 is 0 Å². The highest BCUT2D eigenvalue weighted by Gasteiger charge is 2.57. The van der Waals surface area contributed by atoms with Gasteiger partial charge in [-0.05, 0) is 173 Å². The molecule has 46 heavy (non-hydrogen) atoms. The van der Waals surface area contributed by atoms with Gasteiger partial charge in [0.25, 0.3) is 0 Å². The summed E-state index contributed by atoms with van der Waals surface area (Å²) in [6, 6.07) is 0. The fourth-order valence-electron chi connectivity index (χ4n) is 15.3. The summed E-state index contributed by atoms with van der Waals surface area (Å²) in [5, 5.41) is 0. The lowest BCUT2D eigenvalue weighted by Crippen LogP contribution is -2.52. The molecule has 0 radical (unpaired) electrons. The number of allylic oxidation sites excluding steroid dienone is 2. The van der Waals surface area contributed by atoms with Gasteiger partial charge in [-0.25, -0.2) is 0 Å². The van der Waals surface area contributed by atoms with E-state index in [2.05, 4.69) is 26.8 Å². The second kappa shape index (κ2) is 16.2. The Morgan fingerprint density at radius 3 is 1.78 bits per heavy atom. The Morgan fingerprint density at radius 1 is 0.522 bits per heavy atom. The summed E-state index contributed by atoms with van der Waals surface area (Å²) in [5.74, 6) is 15.0. The summed E-state index contributed by atoms with van der Waals surface area (Å²) in [6.07, 6.45) is 44.4. The van der Waals surface area contributed by atoms with Crippen molar-refractivity contribution in [2.45, 2.75) is 194 Å². The summed E-state index contributed by atoms with van der Waals surface area (Å²) in [4.78, 5) is 0. The van der Waals surface area contributed by atoms with Crippen molar-refractivity contribution >= 4 is 0 Å². The number of hydrogen-bond acceptors (Lipinski definition) is 0. The number of hydrogen-bond donors (Lipinski definition) is 0. The molecule has 7 aliphatic carbocycles. The van der Waals surface area contributed by atoms with Crippen molar-refractivity contribution in [2.75, 3.05) is 0 Å². The summed E-state index contributed by atoms with van der Waals surface area (Å²) in [6.45, 7) is 7.57. The molecule has 0 spiro atoms. The Bertz CT molecular complexity index is 953. The van der Waals surface area contributed by atoms with Crippen molar-refractivity contribution in [3.05, 3.63) is 11.6 Å². The maximum Gasteiger partial charge on any atom is -0.0172 e. The molecule has 0 aromatic heterocycles. The third-order valence-electron chi connectivity index (χ3n) is 17.0. The van der Waals surface area contributed by atoms with Gasteiger partial charge in [0.2, 0.25) is 0 Å². The molecule has 0 heteroatoms. The highest BCUT2D eigenvalue weighted by molar-refractivity contribution is 5.13. The zero-order chi connectivity index (χ0) is 31.5. The van der Waals surface area contributed by atoms with Crippen LogP contribution < -0.4 is 0 Å². The average Bonchev–Trinajstić information content (AvgIpc) is 3.58. The first-order chi connectivity index (χ1) is 22.7. The minimum Gasteiger partial charge on any atom is -0.0851 e. The molecule has 0 saturated heterocycles. The molecule has 0 heterocycles. The van der Waals surface area contributed by atoms with E-state index >= 15 is 0 Å². The first kappa shape index (κ1) is 34.2. The molecule has 262 valence electrons. The van der Waals surface area contributed by atoms with Gasteiger partial charge in [0, 0.05) is 0 Å². The summed E-state index contributed by atoms with van der Waals surface area (Å²) < 4.78 is 0. The zero-order valence-corrected chi connectivity index (χ0v) is 31.3. The molecule has 0 nitrogen and oxygen atoms in total. The normalized spacial score (nSPS) is 46.6. The minimum absolute atomic E-state index is 0.943. The molecule has 7 fully saturated rings. The third-order valence-corrected chi connectivity index (χ3v) is 17.0. The Morgan fingerprint density at radius 2 is 1.13 bits per heavy atom. The van der Waals surface area contributed by atoms with Crippen LogP contribution in [0.1, 0.15) is 194 Å². The van der Waals surface area contributed by atoms with Crippen LogP contribution in [-0.4, -0.2) is 0 Å². The van der Waals surface area contributed by atoms with Crippen LogP contribution in [0.4, 0.5) is 0 Å². The molecule has 7 saturated carbocycles. The number of fused-ring (bicyclic) bond motifs is 2. The molecule has 0 aromatic rings. The van der Waals surface area contributed by atoms with Crippen LogP contribution in [0.3, 0.4) is 0 Å². The van der Waals surface area contributed by atoms with Crippen molar-refractivity contribution in [3.63, 3.8) is 0 Å². The SMILES string of the molecule is CCCC=C1CCCCC1C1CCC(C2C3CCCCC3C(C3CCC(C4CCCCC4)C(CCCC)C3)C3CCCC32)C[C@H]1C. The molecule has 12 unspecified atom stereocenters. The van der Waals surface area contributed by atoms with Crippen LogP contribution >= 0.6 is 0 Å². The standard InChI is InChI=1S/C46H78/c1-4-6-16-34-20-11-12-21-40(34)38-28-26-36(30-32(38)3)45-41-22-13-14-23-42(41)46(44-25-15-24-43(44)45)37-27-29-39(33-18-9-8-10-19-33)35(31-37)17-7-5-2/h16,32-33,35-46H,4-15,17-31H2,1-3H3/t32-,35?,36?,37?,38?,39?,40?,41?,42?,43?,44?,45?,46?/m1/s1. The van der Waals surface area contributed by atoms with Gasteiger partial charge >= 0.3 is 0 Å². The summed E-state index contributed by atoms with van der Waals surface area (Å²) in [5.41, 5.74) is 1.91. The number of unbranched alkanes of at least 4 members (excludes halogenated alkanes) is 2. The predicted octanol–water partition coefficient (Wildman–Crippen LogP) is 14.2. The molecule has 0 N–H and O–H groups in total. The van der Waals surface area contributed by atoms with Crippen LogP contribution in [0, 0.1) is 82.9 Å². The van der Waals surface area contributed by atoms with Gasteiger partial charge in [0.05, 0.1) is 0 Å². The minimum atomic E-state index is 0.943. The summed E-state index contributed by atoms with van der Waals surface area (Å²) in [7, 11) is 0. The van der Waals surface area contributed by atoms with E-state index in [4.69, 9.17) is 0 Å². The van der Waals surface area contributed by atoms with E-state index in [-0.39, 0.29) is 0 Å². The second-order valence-corrected chi connectivity index (χ2v) is 19.2. The Kier molecular flexibility index (Phi) is 12.0. The smallest absolute Gasteiger partial charge is 0.0172 e. The Hall–Kier alpha value is -0.260. The van der Waals surface area contributed by atoms with E-state index in [1.165, 1.54) is 57.8 Å². The lowest BCUT2D eigenvalue weighted by molar-refractivity contribution is -0.100. The van der Waals surface area contributed by atoms with Gasteiger partial charge < -0.3 is 0 Å². The molecule has 0 aromatic carbocycles. The topological polar surface area (TPSA) is 0 Å². The van der Waals surface area contributed by atoms with Crippen LogP contribution in [-0.2, 0) is 0 Å². The molecular formula is C46H78. The van der Waals surface area contributed by atoms with E-state index in [1.54, 1.807) is 116 Å². The first-order valence-electron chi connectivity index (χ1n) is 22.4. The van der Waals surface area contributed by atoms with Gasteiger partial charge in [-0.3, -0.25) is 0 Å². The van der Waals surface area contributed by atoms with E-state index in [1.807, 2.05) is 5.57 Å². The quantitative estimate of drug-likeness (QED) is 0.222. The molecule has 7 rings (SSSR count). The van der Waals surface area contributed by atoms with Gasteiger partial charge in [0.1, 0.15) is 0 Å². The van der Waals surface area contributed by atoms with Gasteiger partial charge in [-0.1, -0.05) is 116 Å². The summed E-state index contributed by atoms with van der Waals surface area (Å²) >= 11 is 0. The zero-order valence-electron chi connectivity index (χ0n) is 31.3. The van der Waals surface area contributed by atoms with E-state index in [9.17, 15) is 0 Å². The highest BCUT2D eigenvalue weighted by atomic mass is 14.6. The van der Waals surface area contributed by atoms with E-state index in [0.29, 0.717) is 0 Å². The average molecular weight is 631 g/mol.